The molecule has 4 rings (SSSR count). The Bertz CT molecular complexity index is 1130. The van der Waals surface area contributed by atoms with Crippen LogP contribution in [0, 0.1) is 5.92 Å². The highest BCUT2D eigenvalue weighted by Gasteiger charge is 2.50. The van der Waals surface area contributed by atoms with Gasteiger partial charge in [0.05, 0.1) is 23.4 Å². The number of carbonyl (C=O) groups is 1. The first-order valence-electron chi connectivity index (χ1n) is 12.6. The fraction of sp³-hybridized carbons (Fsp3) is 0.433. The Kier molecular flexibility index (Phi) is 6.62. The van der Waals surface area contributed by atoms with Crippen molar-refractivity contribution in [3.63, 3.8) is 0 Å². The molecule has 2 aliphatic heterocycles. The summed E-state index contributed by atoms with van der Waals surface area (Å²) in [5, 5.41) is 0.0453. The molecule has 0 saturated heterocycles. The first-order chi connectivity index (χ1) is 16.3. The molecule has 0 radical (unpaired) electrons. The van der Waals surface area contributed by atoms with Crippen LogP contribution in [-0.2, 0) is 14.0 Å². The van der Waals surface area contributed by atoms with Crippen LogP contribution in [0.5, 0.6) is 0 Å². The minimum absolute atomic E-state index is 0.00318. The van der Waals surface area contributed by atoms with Crippen LogP contribution in [0.2, 0.25) is 18.1 Å². The molecular formula is C30H39NO3Si. The van der Waals surface area contributed by atoms with E-state index < -0.39 is 13.9 Å². The molecule has 3 atom stereocenters. The zero-order valence-corrected chi connectivity index (χ0v) is 23.3. The molecule has 2 aromatic rings. The largest absolute Gasteiger partial charge is 0.450 e. The van der Waals surface area contributed by atoms with Crippen LogP contribution in [0.25, 0.3) is 0 Å². The molecule has 0 saturated carbocycles. The van der Waals surface area contributed by atoms with Crippen molar-refractivity contribution >= 4 is 14.3 Å². The molecule has 4 nitrogen and oxygen atoms in total. The molecule has 0 bridgehead atoms. The van der Waals surface area contributed by atoms with Gasteiger partial charge in [0.15, 0.2) is 8.32 Å². The minimum atomic E-state index is -2.17. The van der Waals surface area contributed by atoms with Crippen molar-refractivity contribution in [2.24, 2.45) is 5.92 Å². The Labute approximate surface area is 211 Å². The van der Waals surface area contributed by atoms with E-state index in [-0.39, 0.29) is 29.1 Å². The van der Waals surface area contributed by atoms with E-state index in [1.807, 2.05) is 26.0 Å². The number of esters is 1. The van der Waals surface area contributed by atoms with Crippen LogP contribution < -0.4 is 0 Å². The average Bonchev–Trinajstić information content (AvgIpc) is 3.04. The van der Waals surface area contributed by atoms with Crippen molar-refractivity contribution in [1.82, 2.24) is 4.90 Å². The van der Waals surface area contributed by atoms with Gasteiger partial charge in [-0.1, -0.05) is 94.4 Å². The van der Waals surface area contributed by atoms with Crippen LogP contribution >= 0.6 is 0 Å². The Morgan fingerprint density at radius 3 is 2.06 bits per heavy atom. The second kappa shape index (κ2) is 9.10. The lowest BCUT2D eigenvalue weighted by atomic mass is 9.87. The van der Waals surface area contributed by atoms with Gasteiger partial charge in [-0.2, -0.15) is 0 Å². The van der Waals surface area contributed by atoms with Gasteiger partial charge in [-0.25, -0.2) is 4.79 Å². The first kappa shape index (κ1) is 25.5. The molecule has 0 aliphatic carbocycles. The van der Waals surface area contributed by atoms with Crippen LogP contribution in [0.15, 0.2) is 84.2 Å². The average molecular weight is 490 g/mol. The second-order valence-electron chi connectivity index (χ2n) is 11.8. The molecule has 5 heteroatoms. The number of carbonyl (C=O) groups excluding carboxylic acids is 1. The van der Waals surface area contributed by atoms with E-state index in [0.717, 1.165) is 22.4 Å². The summed E-state index contributed by atoms with van der Waals surface area (Å²) < 4.78 is 13.1. The third kappa shape index (κ3) is 4.76. The molecule has 2 heterocycles. The fourth-order valence-electron chi connectivity index (χ4n) is 4.82. The Balaban J connectivity index is 1.94. The molecule has 2 aliphatic rings. The van der Waals surface area contributed by atoms with Gasteiger partial charge >= 0.3 is 5.97 Å². The number of cyclic esters (lactones) is 1. The number of hydrogen-bond donors (Lipinski definition) is 0. The minimum Gasteiger partial charge on any atom is -0.450 e. The van der Waals surface area contributed by atoms with Crippen molar-refractivity contribution in [3.8, 4) is 0 Å². The monoisotopic (exact) mass is 489 g/mol. The Morgan fingerprint density at radius 1 is 0.971 bits per heavy atom. The summed E-state index contributed by atoms with van der Waals surface area (Å²) >= 11 is 0. The lowest BCUT2D eigenvalue weighted by Gasteiger charge is -2.46. The van der Waals surface area contributed by atoms with E-state index >= 15 is 0 Å². The summed E-state index contributed by atoms with van der Waals surface area (Å²) in [4.78, 5) is 15.2. The lowest BCUT2D eigenvalue weighted by Crippen LogP contribution is -2.45. The molecule has 35 heavy (non-hydrogen) atoms. The quantitative estimate of drug-likeness (QED) is 0.310. The molecular weight excluding hydrogens is 450 g/mol. The summed E-state index contributed by atoms with van der Waals surface area (Å²) in [6, 6.07) is 20.8. The van der Waals surface area contributed by atoms with Gasteiger partial charge in [0.1, 0.15) is 5.60 Å². The summed E-state index contributed by atoms with van der Waals surface area (Å²) in [6.45, 7) is 17.5. The summed E-state index contributed by atoms with van der Waals surface area (Å²) in [5.74, 6) is -0.219. The van der Waals surface area contributed by atoms with E-state index in [1.165, 1.54) is 0 Å². The summed E-state index contributed by atoms with van der Waals surface area (Å²) in [7, 11) is -2.17. The number of allylic oxidation sites excluding steroid dienone is 1. The zero-order valence-electron chi connectivity index (χ0n) is 22.3. The number of rotatable bonds is 6. The molecule has 0 spiro atoms. The highest BCUT2D eigenvalue weighted by molar-refractivity contribution is 6.74. The van der Waals surface area contributed by atoms with Gasteiger partial charge in [0, 0.05) is 12.1 Å². The third-order valence-corrected chi connectivity index (χ3v) is 12.2. The van der Waals surface area contributed by atoms with Crippen LogP contribution in [0.3, 0.4) is 0 Å². The maximum absolute atomic E-state index is 13.0. The Hall–Kier alpha value is -2.63. The van der Waals surface area contributed by atoms with E-state index in [2.05, 4.69) is 106 Å². The van der Waals surface area contributed by atoms with Crippen molar-refractivity contribution in [1.29, 1.82) is 0 Å². The SMILES string of the molecule is C[C@H]1C=CN([C@H](c2ccccc2)[C@@H](O[Si](C)(C)C(C)(C)C)c2ccccc2)C2=C1C(=O)OC2(C)C. The van der Waals surface area contributed by atoms with Crippen molar-refractivity contribution in [2.75, 3.05) is 0 Å². The number of nitrogens with zero attached hydrogens (tertiary/aromatic N) is 1. The van der Waals surface area contributed by atoms with E-state index in [1.54, 1.807) is 0 Å². The van der Waals surface area contributed by atoms with E-state index in [0.29, 0.717) is 0 Å². The topological polar surface area (TPSA) is 38.8 Å². The van der Waals surface area contributed by atoms with E-state index in [9.17, 15) is 4.79 Å². The summed E-state index contributed by atoms with van der Waals surface area (Å²) in [5.41, 5.74) is 3.23. The molecule has 0 unspecified atom stereocenters. The van der Waals surface area contributed by atoms with Crippen molar-refractivity contribution in [2.45, 2.75) is 77.4 Å². The highest BCUT2D eigenvalue weighted by atomic mass is 28.4. The normalized spacial score (nSPS) is 21.5. The molecule has 0 N–H and O–H groups in total. The van der Waals surface area contributed by atoms with Gasteiger partial charge in [-0.3, -0.25) is 0 Å². The molecule has 0 aromatic heterocycles. The van der Waals surface area contributed by atoms with Gasteiger partial charge in [0.2, 0.25) is 0 Å². The second-order valence-corrected chi connectivity index (χ2v) is 16.5. The molecule has 0 fully saturated rings. The lowest BCUT2D eigenvalue weighted by molar-refractivity contribution is -0.145. The van der Waals surface area contributed by atoms with Crippen LogP contribution in [0.4, 0.5) is 0 Å². The molecule has 2 aromatic carbocycles. The number of benzene rings is 2. The molecule has 0 amide bonds. The van der Waals surface area contributed by atoms with Gasteiger partial charge in [-0.15, -0.1) is 0 Å². The smallest absolute Gasteiger partial charge is 0.337 e. The summed E-state index contributed by atoms with van der Waals surface area (Å²) in [6.07, 6.45) is 4.00. The maximum Gasteiger partial charge on any atom is 0.337 e. The van der Waals surface area contributed by atoms with Gasteiger partial charge < -0.3 is 14.1 Å². The van der Waals surface area contributed by atoms with Gasteiger partial charge in [-0.05, 0) is 43.1 Å². The number of hydrogen-bond acceptors (Lipinski definition) is 4. The van der Waals surface area contributed by atoms with E-state index in [4.69, 9.17) is 9.16 Å². The maximum atomic E-state index is 13.0. The molecule has 186 valence electrons. The standard InChI is InChI=1S/C30H39NO3Si/c1-21-19-20-31(27-24(21)28(32)33-30(27,5)6)25(22-15-11-9-12-16-22)26(23-17-13-10-14-18-23)34-35(7,8)29(2,3)4/h9-21,25-26H,1-8H3/t21-,25+,26-/m0/s1. The van der Waals surface area contributed by atoms with Crippen molar-refractivity contribution < 1.29 is 14.0 Å². The fourth-order valence-corrected chi connectivity index (χ4v) is 6.07. The zero-order chi connectivity index (χ0) is 25.6. The predicted molar refractivity (Wildman–Crippen MR) is 144 cm³/mol. The number of ether oxygens (including phenoxy) is 1. The van der Waals surface area contributed by atoms with Crippen molar-refractivity contribution in [3.05, 3.63) is 95.3 Å². The third-order valence-electron chi connectivity index (χ3n) is 7.73. The van der Waals surface area contributed by atoms with Crippen LogP contribution in [-0.4, -0.2) is 24.8 Å². The highest BCUT2D eigenvalue weighted by Crippen LogP contribution is 2.50. The Morgan fingerprint density at radius 2 is 1.51 bits per heavy atom. The predicted octanol–water partition coefficient (Wildman–Crippen LogP) is 7.55. The van der Waals surface area contributed by atoms with Crippen LogP contribution in [0.1, 0.15) is 64.8 Å². The van der Waals surface area contributed by atoms with Gasteiger partial charge in [0.25, 0.3) is 0 Å². The first-order valence-corrected chi connectivity index (χ1v) is 15.5.